The van der Waals surface area contributed by atoms with E-state index in [-0.39, 0.29) is 5.91 Å². The highest BCUT2D eigenvalue weighted by Crippen LogP contribution is 2.13. The fourth-order valence-corrected chi connectivity index (χ4v) is 1.88. The van der Waals surface area contributed by atoms with Crippen molar-refractivity contribution in [3.05, 3.63) is 41.0 Å². The number of aromatic nitrogens is 2. The van der Waals surface area contributed by atoms with Gasteiger partial charge in [0.2, 0.25) is 5.89 Å². The molecular formula is C13H15N3O2S. The number of amides is 1. The molecule has 0 aliphatic rings. The van der Waals surface area contributed by atoms with Gasteiger partial charge in [-0.15, -0.1) is 12.6 Å². The van der Waals surface area contributed by atoms with Gasteiger partial charge < -0.3 is 9.84 Å². The molecule has 0 saturated heterocycles. The van der Waals surface area contributed by atoms with Crippen LogP contribution in [0.25, 0.3) is 0 Å². The van der Waals surface area contributed by atoms with E-state index >= 15 is 0 Å². The molecule has 0 fully saturated rings. The number of hydrogen-bond acceptors (Lipinski definition) is 5. The van der Waals surface area contributed by atoms with Crippen LogP contribution < -0.4 is 5.32 Å². The maximum Gasteiger partial charge on any atom is 0.251 e. The lowest BCUT2D eigenvalue weighted by Crippen LogP contribution is -2.26. The Balaban J connectivity index is 1.92. The first-order valence-corrected chi connectivity index (χ1v) is 6.38. The highest BCUT2D eigenvalue weighted by molar-refractivity contribution is 7.80. The molecule has 0 spiro atoms. The van der Waals surface area contributed by atoms with Crippen LogP contribution >= 0.6 is 12.6 Å². The number of benzene rings is 1. The molecule has 2 rings (SSSR count). The van der Waals surface area contributed by atoms with E-state index in [4.69, 9.17) is 4.52 Å². The van der Waals surface area contributed by atoms with Crippen LogP contribution in [-0.2, 0) is 6.42 Å². The zero-order chi connectivity index (χ0) is 13.8. The molecule has 0 saturated carbocycles. The van der Waals surface area contributed by atoms with Crippen LogP contribution in [0.2, 0.25) is 0 Å². The highest BCUT2D eigenvalue weighted by Gasteiger charge is 2.09. The van der Waals surface area contributed by atoms with Crippen LogP contribution in [0.3, 0.4) is 0 Å². The van der Waals surface area contributed by atoms with Crippen molar-refractivity contribution >= 4 is 18.5 Å². The van der Waals surface area contributed by atoms with Crippen molar-refractivity contribution in [2.75, 3.05) is 6.54 Å². The first-order chi connectivity index (χ1) is 9.06. The van der Waals surface area contributed by atoms with Crippen LogP contribution in [0.15, 0.2) is 27.6 Å². The van der Waals surface area contributed by atoms with Crippen molar-refractivity contribution in [3.8, 4) is 0 Å². The monoisotopic (exact) mass is 277 g/mol. The summed E-state index contributed by atoms with van der Waals surface area (Å²) in [5.74, 6) is 1.01. The fourth-order valence-electron chi connectivity index (χ4n) is 1.68. The summed E-state index contributed by atoms with van der Waals surface area (Å²) in [5, 5.41) is 6.60. The van der Waals surface area contributed by atoms with Crippen molar-refractivity contribution in [3.63, 3.8) is 0 Å². The smallest absolute Gasteiger partial charge is 0.251 e. The summed E-state index contributed by atoms with van der Waals surface area (Å²) in [5.41, 5.74) is 1.56. The van der Waals surface area contributed by atoms with Crippen LogP contribution in [0.1, 0.15) is 27.6 Å². The fraction of sp³-hybridized carbons (Fsp3) is 0.308. The average Bonchev–Trinajstić information content (AvgIpc) is 2.78. The minimum atomic E-state index is -0.117. The highest BCUT2D eigenvalue weighted by atomic mass is 32.1. The van der Waals surface area contributed by atoms with Crippen molar-refractivity contribution in [2.24, 2.45) is 0 Å². The molecule has 1 N–H and O–H groups in total. The topological polar surface area (TPSA) is 68.0 Å². The lowest BCUT2D eigenvalue weighted by Gasteiger charge is -2.07. The van der Waals surface area contributed by atoms with Gasteiger partial charge in [-0.3, -0.25) is 4.79 Å². The second-order valence-electron chi connectivity index (χ2n) is 4.23. The number of carbonyl (C=O) groups is 1. The van der Waals surface area contributed by atoms with E-state index in [0.717, 1.165) is 10.5 Å². The molecule has 0 atom stereocenters. The van der Waals surface area contributed by atoms with Crippen molar-refractivity contribution in [1.29, 1.82) is 0 Å². The van der Waals surface area contributed by atoms with Crippen LogP contribution in [0.5, 0.6) is 0 Å². The standard InChI is InChI=1S/C13H15N3O2S/c1-8-3-4-10(19)7-11(8)13(17)14-6-5-12-15-9(2)18-16-12/h3-4,7,19H,5-6H2,1-2H3,(H,14,17). The van der Waals surface area contributed by atoms with Crippen LogP contribution in [0.4, 0.5) is 0 Å². The van der Waals surface area contributed by atoms with Gasteiger partial charge >= 0.3 is 0 Å². The minimum absolute atomic E-state index is 0.117. The number of aryl methyl sites for hydroxylation is 2. The number of carbonyl (C=O) groups excluding carboxylic acids is 1. The molecule has 1 aromatic heterocycles. The van der Waals surface area contributed by atoms with E-state index in [9.17, 15) is 4.79 Å². The summed E-state index contributed by atoms with van der Waals surface area (Å²) in [6, 6.07) is 5.49. The van der Waals surface area contributed by atoms with E-state index < -0.39 is 0 Å². The van der Waals surface area contributed by atoms with Gasteiger partial charge in [0.1, 0.15) is 0 Å². The Bertz CT molecular complexity index is 595. The molecule has 0 aliphatic heterocycles. The first-order valence-electron chi connectivity index (χ1n) is 5.93. The molecule has 2 aromatic rings. The van der Waals surface area contributed by atoms with Gasteiger partial charge in [0.25, 0.3) is 5.91 Å². The molecule has 0 unspecified atom stereocenters. The third kappa shape index (κ3) is 3.57. The number of hydrogen-bond donors (Lipinski definition) is 2. The molecule has 6 heteroatoms. The number of nitrogens with one attached hydrogen (secondary N) is 1. The molecule has 0 bridgehead atoms. The Morgan fingerprint density at radius 2 is 2.21 bits per heavy atom. The predicted octanol–water partition coefficient (Wildman–Crippen LogP) is 1.95. The second kappa shape index (κ2) is 5.88. The van der Waals surface area contributed by atoms with Gasteiger partial charge in [0, 0.05) is 30.3 Å². The summed E-state index contributed by atoms with van der Waals surface area (Å²) in [6.07, 6.45) is 0.544. The quantitative estimate of drug-likeness (QED) is 0.838. The lowest BCUT2D eigenvalue weighted by molar-refractivity contribution is 0.0953. The summed E-state index contributed by atoms with van der Waals surface area (Å²) < 4.78 is 4.86. The van der Waals surface area contributed by atoms with Crippen LogP contribution in [-0.4, -0.2) is 22.6 Å². The van der Waals surface area contributed by atoms with E-state index in [0.29, 0.717) is 30.2 Å². The Morgan fingerprint density at radius 1 is 1.42 bits per heavy atom. The van der Waals surface area contributed by atoms with E-state index in [1.807, 2.05) is 19.1 Å². The van der Waals surface area contributed by atoms with Gasteiger partial charge in [0.05, 0.1) is 0 Å². The van der Waals surface area contributed by atoms with Gasteiger partial charge in [-0.05, 0) is 24.6 Å². The second-order valence-corrected chi connectivity index (χ2v) is 4.75. The molecule has 19 heavy (non-hydrogen) atoms. The number of thiol groups is 1. The third-order valence-electron chi connectivity index (χ3n) is 2.67. The van der Waals surface area contributed by atoms with Gasteiger partial charge in [-0.1, -0.05) is 11.2 Å². The average molecular weight is 277 g/mol. The van der Waals surface area contributed by atoms with Crippen molar-refractivity contribution < 1.29 is 9.32 Å². The molecule has 1 amide bonds. The maximum atomic E-state index is 12.0. The molecule has 100 valence electrons. The van der Waals surface area contributed by atoms with Crippen LogP contribution in [0, 0.1) is 13.8 Å². The molecule has 0 radical (unpaired) electrons. The van der Waals surface area contributed by atoms with Gasteiger partial charge in [-0.25, -0.2) is 0 Å². The summed E-state index contributed by atoms with van der Waals surface area (Å²) in [6.45, 7) is 4.09. The summed E-state index contributed by atoms with van der Waals surface area (Å²) >= 11 is 4.23. The molecule has 0 aliphatic carbocycles. The van der Waals surface area contributed by atoms with E-state index in [2.05, 4.69) is 28.1 Å². The molecule has 1 heterocycles. The molecule has 1 aromatic carbocycles. The zero-order valence-corrected chi connectivity index (χ0v) is 11.7. The molecular weight excluding hydrogens is 262 g/mol. The Morgan fingerprint density at radius 3 is 2.89 bits per heavy atom. The lowest BCUT2D eigenvalue weighted by atomic mass is 10.1. The van der Waals surface area contributed by atoms with E-state index in [1.54, 1.807) is 13.0 Å². The summed E-state index contributed by atoms with van der Waals surface area (Å²) in [7, 11) is 0. The minimum Gasteiger partial charge on any atom is -0.352 e. The number of nitrogens with zero attached hydrogens (tertiary/aromatic N) is 2. The summed E-state index contributed by atoms with van der Waals surface area (Å²) in [4.78, 5) is 16.8. The van der Waals surface area contributed by atoms with Gasteiger partial charge in [-0.2, -0.15) is 4.98 Å². The van der Waals surface area contributed by atoms with E-state index in [1.165, 1.54) is 0 Å². The number of rotatable bonds is 4. The van der Waals surface area contributed by atoms with Gasteiger partial charge in [0.15, 0.2) is 5.82 Å². The maximum absolute atomic E-state index is 12.0. The van der Waals surface area contributed by atoms with Crippen molar-refractivity contribution in [1.82, 2.24) is 15.5 Å². The molecule has 5 nitrogen and oxygen atoms in total. The predicted molar refractivity (Wildman–Crippen MR) is 73.5 cm³/mol. The Hall–Kier alpha value is -1.82. The van der Waals surface area contributed by atoms with Crippen molar-refractivity contribution in [2.45, 2.75) is 25.2 Å². The Kier molecular flexibility index (Phi) is 4.21. The third-order valence-corrected chi connectivity index (χ3v) is 2.95. The Labute approximate surface area is 116 Å². The largest absolute Gasteiger partial charge is 0.352 e. The SMILES string of the molecule is Cc1nc(CCNC(=O)c2cc(S)ccc2C)no1. The normalized spacial score (nSPS) is 10.5. The zero-order valence-electron chi connectivity index (χ0n) is 10.8. The first kappa shape index (κ1) is 13.6.